The van der Waals surface area contributed by atoms with E-state index in [9.17, 15) is 4.79 Å². The van der Waals surface area contributed by atoms with Crippen LogP contribution in [-0.2, 0) is 4.74 Å². The lowest BCUT2D eigenvalue weighted by molar-refractivity contribution is 0.0526. The Labute approximate surface area is 149 Å². The van der Waals surface area contributed by atoms with Crippen LogP contribution in [-0.4, -0.2) is 12.6 Å². The van der Waals surface area contributed by atoms with Crippen LogP contribution in [0.2, 0.25) is 0 Å². The van der Waals surface area contributed by atoms with Crippen molar-refractivity contribution >= 4 is 17.6 Å². The molecule has 2 nitrogen and oxygen atoms in total. The molecular formula is C23H24O2. The molecule has 128 valence electrons. The smallest absolute Gasteiger partial charge is 0.338 e. The van der Waals surface area contributed by atoms with Crippen molar-refractivity contribution in [1.82, 2.24) is 0 Å². The van der Waals surface area contributed by atoms with Gasteiger partial charge in [-0.1, -0.05) is 36.4 Å². The molecule has 1 saturated carbocycles. The average Bonchev–Trinajstić information content (AvgIpc) is 3.24. The molecule has 25 heavy (non-hydrogen) atoms. The molecule has 0 amide bonds. The Kier molecular flexibility index (Phi) is 4.20. The maximum absolute atomic E-state index is 11.7. The van der Waals surface area contributed by atoms with Crippen LogP contribution in [0, 0.1) is 0 Å². The summed E-state index contributed by atoms with van der Waals surface area (Å²) in [7, 11) is 0. The number of benzene rings is 2. The summed E-state index contributed by atoms with van der Waals surface area (Å²) in [4.78, 5) is 11.7. The lowest BCUT2D eigenvalue weighted by Gasteiger charge is -2.16. The number of rotatable bonds is 4. The average molecular weight is 332 g/mol. The van der Waals surface area contributed by atoms with Gasteiger partial charge in [0.05, 0.1) is 12.2 Å². The number of hydrogen-bond acceptors (Lipinski definition) is 2. The van der Waals surface area contributed by atoms with Gasteiger partial charge in [-0.3, -0.25) is 0 Å². The Balaban J connectivity index is 1.56. The zero-order valence-electron chi connectivity index (χ0n) is 14.9. The zero-order chi connectivity index (χ0) is 17.4. The SMILES string of the molecule is CCOC(=O)c1ccc(/C=C(/C)c2ccc3c(c2)C2CCC3C2)cc1. The zero-order valence-corrected chi connectivity index (χ0v) is 14.9. The highest BCUT2D eigenvalue weighted by molar-refractivity contribution is 5.90. The minimum atomic E-state index is -0.261. The predicted octanol–water partition coefficient (Wildman–Crippen LogP) is 5.79. The Morgan fingerprint density at radius 3 is 2.44 bits per heavy atom. The van der Waals surface area contributed by atoms with E-state index >= 15 is 0 Å². The van der Waals surface area contributed by atoms with E-state index in [1.807, 2.05) is 31.2 Å². The van der Waals surface area contributed by atoms with E-state index in [0.29, 0.717) is 12.2 Å². The normalized spacial score (nSPS) is 21.3. The third kappa shape index (κ3) is 3.02. The van der Waals surface area contributed by atoms with Crippen molar-refractivity contribution in [1.29, 1.82) is 0 Å². The number of carbonyl (C=O) groups excluding carboxylic acids is 1. The number of allylic oxidation sites excluding steroid dienone is 1. The number of fused-ring (bicyclic) bond motifs is 5. The van der Waals surface area contributed by atoms with Crippen LogP contribution in [0.4, 0.5) is 0 Å². The van der Waals surface area contributed by atoms with Gasteiger partial charge in [0, 0.05) is 0 Å². The van der Waals surface area contributed by atoms with E-state index in [-0.39, 0.29) is 5.97 Å². The lowest BCUT2D eigenvalue weighted by Crippen LogP contribution is -2.04. The number of esters is 1. The Morgan fingerprint density at radius 1 is 1.04 bits per heavy atom. The lowest BCUT2D eigenvalue weighted by atomic mass is 9.89. The molecule has 0 aliphatic heterocycles. The van der Waals surface area contributed by atoms with Gasteiger partial charge in [0.1, 0.15) is 0 Å². The van der Waals surface area contributed by atoms with E-state index in [0.717, 1.165) is 17.4 Å². The molecule has 0 heterocycles. The first-order valence-electron chi connectivity index (χ1n) is 9.25. The summed E-state index contributed by atoms with van der Waals surface area (Å²) in [6, 6.07) is 14.6. The topological polar surface area (TPSA) is 26.3 Å². The minimum absolute atomic E-state index is 0.261. The number of ether oxygens (including phenoxy) is 1. The molecule has 1 fully saturated rings. The monoisotopic (exact) mass is 332 g/mol. The second-order valence-electron chi connectivity index (χ2n) is 7.22. The van der Waals surface area contributed by atoms with Gasteiger partial charge < -0.3 is 4.74 Å². The molecule has 4 rings (SSSR count). The highest BCUT2D eigenvalue weighted by atomic mass is 16.5. The molecule has 2 aromatic rings. The molecular weight excluding hydrogens is 308 g/mol. The van der Waals surface area contributed by atoms with Crippen LogP contribution < -0.4 is 0 Å². The van der Waals surface area contributed by atoms with E-state index in [1.165, 1.54) is 30.4 Å². The van der Waals surface area contributed by atoms with Gasteiger partial charge in [-0.2, -0.15) is 0 Å². The number of hydrogen-bond donors (Lipinski definition) is 0. The van der Waals surface area contributed by atoms with Crippen molar-refractivity contribution in [2.75, 3.05) is 6.61 Å². The first-order chi connectivity index (χ1) is 12.2. The van der Waals surface area contributed by atoms with Crippen molar-refractivity contribution in [3.63, 3.8) is 0 Å². The molecule has 2 aliphatic rings. The van der Waals surface area contributed by atoms with Gasteiger partial charge in [-0.25, -0.2) is 4.79 Å². The maximum Gasteiger partial charge on any atom is 0.338 e. The quantitative estimate of drug-likeness (QED) is 0.523. The van der Waals surface area contributed by atoms with Crippen molar-refractivity contribution in [2.24, 2.45) is 0 Å². The fraction of sp³-hybridized carbons (Fsp3) is 0.348. The molecule has 2 heteroatoms. The van der Waals surface area contributed by atoms with Crippen LogP contribution in [0.3, 0.4) is 0 Å². The largest absolute Gasteiger partial charge is 0.462 e. The van der Waals surface area contributed by atoms with Crippen molar-refractivity contribution in [2.45, 2.75) is 44.9 Å². The summed E-state index contributed by atoms with van der Waals surface area (Å²) in [6.07, 6.45) is 6.28. The first-order valence-corrected chi connectivity index (χ1v) is 9.25. The van der Waals surface area contributed by atoms with Crippen LogP contribution in [0.25, 0.3) is 11.6 Å². The molecule has 0 spiro atoms. The van der Waals surface area contributed by atoms with Gasteiger partial charge >= 0.3 is 5.97 Å². The fourth-order valence-corrected chi connectivity index (χ4v) is 4.36. The molecule has 0 aromatic heterocycles. The molecule has 0 N–H and O–H groups in total. The molecule has 2 aliphatic carbocycles. The molecule has 2 aromatic carbocycles. The van der Waals surface area contributed by atoms with E-state index < -0.39 is 0 Å². The standard InChI is InChI=1S/C23H24O2/c1-3-25-23(24)17-6-4-16(5-7-17)12-15(2)18-10-11-21-19-8-9-20(13-19)22(21)14-18/h4-7,10-12,14,19-20H,3,8-9,13H2,1-2H3/b15-12-. The number of carbonyl (C=O) groups is 1. The summed E-state index contributed by atoms with van der Waals surface area (Å²) < 4.78 is 5.03. The Morgan fingerprint density at radius 2 is 1.72 bits per heavy atom. The highest BCUT2D eigenvalue weighted by Gasteiger charge is 2.36. The van der Waals surface area contributed by atoms with Crippen LogP contribution in [0.1, 0.15) is 77.6 Å². The summed E-state index contributed by atoms with van der Waals surface area (Å²) in [5, 5.41) is 0. The van der Waals surface area contributed by atoms with Gasteiger partial charge in [0.15, 0.2) is 0 Å². The van der Waals surface area contributed by atoms with Crippen LogP contribution in [0.15, 0.2) is 42.5 Å². The second kappa shape index (κ2) is 6.51. The van der Waals surface area contributed by atoms with Crippen molar-refractivity contribution in [3.05, 3.63) is 70.3 Å². The Bertz CT molecular complexity index is 830. The molecule has 2 atom stereocenters. The van der Waals surface area contributed by atoms with Gasteiger partial charge in [-0.05, 0) is 84.9 Å². The van der Waals surface area contributed by atoms with E-state index in [4.69, 9.17) is 4.74 Å². The van der Waals surface area contributed by atoms with Crippen LogP contribution >= 0.6 is 0 Å². The Hall–Kier alpha value is -2.35. The van der Waals surface area contributed by atoms with Crippen molar-refractivity contribution in [3.8, 4) is 0 Å². The minimum Gasteiger partial charge on any atom is -0.462 e. The van der Waals surface area contributed by atoms with E-state index in [2.05, 4.69) is 31.2 Å². The summed E-state index contributed by atoms with van der Waals surface area (Å²) in [5.41, 5.74) is 7.44. The van der Waals surface area contributed by atoms with Gasteiger partial charge in [0.25, 0.3) is 0 Å². The maximum atomic E-state index is 11.7. The summed E-state index contributed by atoms with van der Waals surface area (Å²) in [6.45, 7) is 4.38. The van der Waals surface area contributed by atoms with Gasteiger partial charge in [-0.15, -0.1) is 0 Å². The third-order valence-electron chi connectivity index (χ3n) is 5.66. The second-order valence-corrected chi connectivity index (χ2v) is 7.22. The van der Waals surface area contributed by atoms with Crippen LogP contribution in [0.5, 0.6) is 0 Å². The summed E-state index contributed by atoms with van der Waals surface area (Å²) in [5.74, 6) is 1.34. The first kappa shape index (κ1) is 16.1. The molecule has 0 radical (unpaired) electrons. The summed E-state index contributed by atoms with van der Waals surface area (Å²) >= 11 is 0. The molecule has 0 saturated heterocycles. The molecule has 2 bridgehead atoms. The highest BCUT2D eigenvalue weighted by Crippen LogP contribution is 2.53. The predicted molar refractivity (Wildman–Crippen MR) is 102 cm³/mol. The fourth-order valence-electron chi connectivity index (χ4n) is 4.36. The third-order valence-corrected chi connectivity index (χ3v) is 5.66. The molecule has 2 unspecified atom stereocenters. The van der Waals surface area contributed by atoms with Gasteiger partial charge in [0.2, 0.25) is 0 Å². The van der Waals surface area contributed by atoms with Crippen molar-refractivity contribution < 1.29 is 9.53 Å². The van der Waals surface area contributed by atoms with E-state index in [1.54, 1.807) is 11.1 Å².